The van der Waals surface area contributed by atoms with E-state index in [-0.39, 0.29) is 11.5 Å². The molecule has 1 aromatic rings. The van der Waals surface area contributed by atoms with Crippen LogP contribution in [0.2, 0.25) is 0 Å². The molecule has 0 fully saturated rings. The standard InChI is InChI=1S/C13H17BrFNO/c1-4-9(2)8-16(3)13(17)10-6-5-7-11(14)12(10)15/h5-7,9H,4,8H2,1-3H3. The highest BCUT2D eigenvalue weighted by atomic mass is 79.9. The summed E-state index contributed by atoms with van der Waals surface area (Å²) in [4.78, 5) is 13.6. The van der Waals surface area contributed by atoms with Crippen LogP contribution < -0.4 is 0 Å². The maximum atomic E-state index is 13.7. The molecule has 0 radical (unpaired) electrons. The van der Waals surface area contributed by atoms with E-state index < -0.39 is 5.82 Å². The van der Waals surface area contributed by atoms with Crippen LogP contribution in [0, 0.1) is 11.7 Å². The highest BCUT2D eigenvalue weighted by Gasteiger charge is 2.18. The molecule has 1 aromatic carbocycles. The minimum absolute atomic E-state index is 0.116. The van der Waals surface area contributed by atoms with Gasteiger partial charge in [-0.3, -0.25) is 4.79 Å². The van der Waals surface area contributed by atoms with Gasteiger partial charge in [-0.05, 0) is 34.0 Å². The van der Waals surface area contributed by atoms with Gasteiger partial charge in [0.1, 0.15) is 5.82 Å². The molecule has 17 heavy (non-hydrogen) atoms. The third kappa shape index (κ3) is 3.53. The van der Waals surface area contributed by atoms with E-state index in [9.17, 15) is 9.18 Å². The predicted molar refractivity (Wildman–Crippen MR) is 70.5 cm³/mol. The van der Waals surface area contributed by atoms with Crippen LogP contribution in [0.25, 0.3) is 0 Å². The van der Waals surface area contributed by atoms with Crippen molar-refractivity contribution in [3.8, 4) is 0 Å². The van der Waals surface area contributed by atoms with Gasteiger partial charge in [0.05, 0.1) is 10.0 Å². The molecule has 0 spiro atoms. The number of amides is 1. The van der Waals surface area contributed by atoms with Gasteiger partial charge in [0.25, 0.3) is 5.91 Å². The number of hydrogen-bond donors (Lipinski definition) is 0. The Morgan fingerprint density at radius 1 is 1.53 bits per heavy atom. The molecule has 1 rings (SSSR count). The molecule has 0 bridgehead atoms. The van der Waals surface area contributed by atoms with Crippen molar-refractivity contribution < 1.29 is 9.18 Å². The summed E-state index contributed by atoms with van der Waals surface area (Å²) in [5.41, 5.74) is 0.116. The van der Waals surface area contributed by atoms with Gasteiger partial charge >= 0.3 is 0 Å². The lowest BCUT2D eigenvalue weighted by Gasteiger charge is -2.21. The first-order valence-corrected chi connectivity index (χ1v) is 6.46. The zero-order valence-electron chi connectivity index (χ0n) is 10.3. The van der Waals surface area contributed by atoms with Crippen LogP contribution in [0.5, 0.6) is 0 Å². The first kappa shape index (κ1) is 14.2. The maximum absolute atomic E-state index is 13.7. The topological polar surface area (TPSA) is 20.3 Å². The van der Waals surface area contributed by atoms with Crippen molar-refractivity contribution in [2.75, 3.05) is 13.6 Å². The van der Waals surface area contributed by atoms with Crippen molar-refractivity contribution in [2.24, 2.45) is 5.92 Å². The Labute approximate surface area is 110 Å². The van der Waals surface area contributed by atoms with Gasteiger partial charge in [-0.1, -0.05) is 26.3 Å². The Morgan fingerprint density at radius 2 is 2.18 bits per heavy atom. The van der Waals surface area contributed by atoms with Crippen LogP contribution in [-0.2, 0) is 0 Å². The molecular weight excluding hydrogens is 285 g/mol. The number of hydrogen-bond acceptors (Lipinski definition) is 1. The van der Waals surface area contributed by atoms with Gasteiger partial charge in [-0.25, -0.2) is 4.39 Å². The van der Waals surface area contributed by atoms with Crippen LogP contribution in [0.15, 0.2) is 22.7 Å². The molecule has 0 saturated heterocycles. The Balaban J connectivity index is 2.85. The summed E-state index contributed by atoms with van der Waals surface area (Å²) >= 11 is 3.08. The quantitative estimate of drug-likeness (QED) is 0.830. The minimum atomic E-state index is -0.492. The number of carbonyl (C=O) groups is 1. The van der Waals surface area contributed by atoms with Gasteiger partial charge < -0.3 is 4.90 Å². The number of rotatable bonds is 4. The summed E-state index contributed by atoms with van der Waals surface area (Å²) in [6.45, 7) is 4.78. The Hall–Kier alpha value is -0.900. The normalized spacial score (nSPS) is 12.3. The van der Waals surface area contributed by atoms with E-state index in [1.165, 1.54) is 6.07 Å². The highest BCUT2D eigenvalue weighted by Crippen LogP contribution is 2.20. The molecule has 0 aromatic heterocycles. The maximum Gasteiger partial charge on any atom is 0.256 e. The van der Waals surface area contributed by atoms with Crippen molar-refractivity contribution in [1.82, 2.24) is 4.90 Å². The van der Waals surface area contributed by atoms with Crippen molar-refractivity contribution in [2.45, 2.75) is 20.3 Å². The summed E-state index contributed by atoms with van der Waals surface area (Å²) in [6, 6.07) is 4.76. The minimum Gasteiger partial charge on any atom is -0.341 e. The van der Waals surface area contributed by atoms with Crippen LogP contribution in [0.1, 0.15) is 30.6 Å². The summed E-state index contributed by atoms with van der Waals surface area (Å²) in [5.74, 6) is -0.350. The average Bonchev–Trinajstić information content (AvgIpc) is 2.31. The van der Waals surface area contributed by atoms with Crippen LogP contribution in [-0.4, -0.2) is 24.4 Å². The van der Waals surface area contributed by atoms with Gasteiger partial charge in [0, 0.05) is 13.6 Å². The molecule has 0 aliphatic heterocycles. The van der Waals surface area contributed by atoms with E-state index in [2.05, 4.69) is 29.8 Å². The predicted octanol–water partition coefficient (Wildman–Crippen LogP) is 3.71. The van der Waals surface area contributed by atoms with Crippen LogP contribution in [0.4, 0.5) is 4.39 Å². The molecule has 0 N–H and O–H groups in total. The van der Waals surface area contributed by atoms with E-state index >= 15 is 0 Å². The second-order valence-electron chi connectivity index (χ2n) is 4.30. The first-order valence-electron chi connectivity index (χ1n) is 5.66. The van der Waals surface area contributed by atoms with E-state index in [1.54, 1.807) is 24.1 Å². The van der Waals surface area contributed by atoms with Gasteiger partial charge in [-0.2, -0.15) is 0 Å². The summed E-state index contributed by atoms with van der Waals surface area (Å²) in [7, 11) is 1.70. The molecular formula is C13H17BrFNO. The molecule has 0 saturated carbocycles. The summed E-state index contributed by atoms with van der Waals surface area (Å²) in [5, 5.41) is 0. The van der Waals surface area contributed by atoms with E-state index in [0.29, 0.717) is 16.9 Å². The molecule has 0 aliphatic carbocycles. The lowest BCUT2D eigenvalue weighted by atomic mass is 10.1. The van der Waals surface area contributed by atoms with Gasteiger partial charge in [0.15, 0.2) is 0 Å². The number of nitrogens with zero attached hydrogens (tertiary/aromatic N) is 1. The highest BCUT2D eigenvalue weighted by molar-refractivity contribution is 9.10. The molecule has 2 nitrogen and oxygen atoms in total. The average molecular weight is 302 g/mol. The Bertz CT molecular complexity index is 408. The second-order valence-corrected chi connectivity index (χ2v) is 5.15. The van der Waals surface area contributed by atoms with E-state index in [1.807, 2.05) is 0 Å². The number of benzene rings is 1. The molecule has 94 valence electrons. The Kier molecular flexibility index (Phi) is 5.12. The fourth-order valence-corrected chi connectivity index (χ4v) is 1.92. The largest absolute Gasteiger partial charge is 0.341 e. The molecule has 0 aliphatic rings. The molecule has 0 heterocycles. The van der Waals surface area contributed by atoms with Crippen molar-refractivity contribution in [3.05, 3.63) is 34.1 Å². The number of carbonyl (C=O) groups excluding carboxylic acids is 1. The number of halogens is 2. The fourth-order valence-electron chi connectivity index (χ4n) is 1.55. The zero-order valence-corrected chi connectivity index (χ0v) is 11.9. The van der Waals surface area contributed by atoms with Crippen LogP contribution >= 0.6 is 15.9 Å². The lowest BCUT2D eigenvalue weighted by Crippen LogP contribution is -2.31. The zero-order chi connectivity index (χ0) is 13.0. The Morgan fingerprint density at radius 3 is 2.76 bits per heavy atom. The van der Waals surface area contributed by atoms with Crippen molar-refractivity contribution in [3.63, 3.8) is 0 Å². The van der Waals surface area contributed by atoms with Gasteiger partial charge in [-0.15, -0.1) is 0 Å². The molecule has 4 heteroatoms. The monoisotopic (exact) mass is 301 g/mol. The molecule has 1 amide bonds. The fraction of sp³-hybridized carbons (Fsp3) is 0.462. The summed E-state index contributed by atoms with van der Waals surface area (Å²) < 4.78 is 14.1. The molecule has 1 atom stereocenters. The second kappa shape index (κ2) is 6.15. The molecule has 1 unspecified atom stereocenters. The van der Waals surface area contributed by atoms with Crippen molar-refractivity contribution in [1.29, 1.82) is 0 Å². The lowest BCUT2D eigenvalue weighted by molar-refractivity contribution is 0.0770. The van der Waals surface area contributed by atoms with Gasteiger partial charge in [0.2, 0.25) is 0 Å². The van der Waals surface area contributed by atoms with E-state index in [4.69, 9.17) is 0 Å². The summed E-state index contributed by atoms with van der Waals surface area (Å²) in [6.07, 6.45) is 0.999. The van der Waals surface area contributed by atoms with E-state index in [0.717, 1.165) is 6.42 Å². The van der Waals surface area contributed by atoms with Crippen molar-refractivity contribution >= 4 is 21.8 Å². The third-order valence-electron chi connectivity index (χ3n) is 2.81. The smallest absolute Gasteiger partial charge is 0.256 e. The first-order chi connectivity index (χ1) is 7.97. The third-order valence-corrected chi connectivity index (χ3v) is 3.42. The SMILES string of the molecule is CCC(C)CN(C)C(=O)c1cccc(Br)c1F. The van der Waals surface area contributed by atoms with Crippen LogP contribution in [0.3, 0.4) is 0 Å².